The Labute approximate surface area is 157 Å². The summed E-state index contributed by atoms with van der Waals surface area (Å²) in [5, 5.41) is 3.37. The van der Waals surface area contributed by atoms with Crippen LogP contribution in [0.1, 0.15) is 17.5 Å². The average molecular weight is 373 g/mol. The van der Waals surface area contributed by atoms with E-state index in [1.807, 2.05) is 32.0 Å². The molecule has 0 saturated carbocycles. The third-order valence-corrected chi connectivity index (χ3v) is 4.88. The van der Waals surface area contributed by atoms with Crippen LogP contribution in [0.15, 0.2) is 36.4 Å². The number of hydrogen-bond acceptors (Lipinski definition) is 3. The van der Waals surface area contributed by atoms with Gasteiger partial charge in [0.05, 0.1) is 18.1 Å². The smallest absolute Gasteiger partial charge is 0.229 e. The second kappa shape index (κ2) is 7.38. The van der Waals surface area contributed by atoms with Gasteiger partial charge < -0.3 is 15.0 Å². The number of methoxy groups -OCH3 is 1. The van der Waals surface area contributed by atoms with Crippen LogP contribution in [0.3, 0.4) is 0 Å². The zero-order valence-corrected chi connectivity index (χ0v) is 15.8. The Balaban J connectivity index is 1.72. The molecule has 1 saturated heterocycles. The molecule has 3 rings (SSSR count). The Kier molecular flexibility index (Phi) is 5.18. The number of aryl methyl sites for hydroxylation is 2. The molecule has 5 nitrogen and oxygen atoms in total. The summed E-state index contributed by atoms with van der Waals surface area (Å²) in [6.45, 7) is 4.29. The van der Waals surface area contributed by atoms with E-state index in [-0.39, 0.29) is 18.2 Å². The van der Waals surface area contributed by atoms with Gasteiger partial charge in [-0.3, -0.25) is 9.59 Å². The number of nitrogens with zero attached hydrogens (tertiary/aromatic N) is 1. The monoisotopic (exact) mass is 372 g/mol. The van der Waals surface area contributed by atoms with Gasteiger partial charge in [0.15, 0.2) is 0 Å². The van der Waals surface area contributed by atoms with Crippen LogP contribution in [0.2, 0.25) is 5.02 Å². The van der Waals surface area contributed by atoms with E-state index in [0.717, 1.165) is 16.8 Å². The molecule has 1 fully saturated rings. The van der Waals surface area contributed by atoms with Crippen molar-refractivity contribution in [2.75, 3.05) is 23.9 Å². The molecule has 136 valence electrons. The van der Waals surface area contributed by atoms with Crippen LogP contribution in [0.4, 0.5) is 11.4 Å². The quantitative estimate of drug-likeness (QED) is 0.883. The van der Waals surface area contributed by atoms with E-state index in [0.29, 0.717) is 23.0 Å². The zero-order valence-electron chi connectivity index (χ0n) is 15.0. The second-order valence-corrected chi connectivity index (χ2v) is 6.94. The Morgan fingerprint density at radius 3 is 2.65 bits per heavy atom. The lowest BCUT2D eigenvalue weighted by molar-refractivity contribution is -0.122. The van der Waals surface area contributed by atoms with Crippen LogP contribution in [-0.4, -0.2) is 25.5 Å². The lowest BCUT2D eigenvalue weighted by Crippen LogP contribution is -2.28. The maximum atomic E-state index is 12.6. The highest BCUT2D eigenvalue weighted by Gasteiger charge is 2.35. The molecule has 1 heterocycles. The molecule has 0 aliphatic carbocycles. The van der Waals surface area contributed by atoms with Gasteiger partial charge in [0.1, 0.15) is 5.75 Å². The summed E-state index contributed by atoms with van der Waals surface area (Å²) in [5.74, 6) is -0.0882. The predicted octanol–water partition coefficient (Wildman–Crippen LogP) is 3.96. The lowest BCUT2D eigenvalue weighted by Gasteiger charge is -2.18. The minimum absolute atomic E-state index is 0.0907. The summed E-state index contributed by atoms with van der Waals surface area (Å²) in [6, 6.07) is 11.0. The number of rotatable bonds is 4. The second-order valence-electron chi connectivity index (χ2n) is 6.53. The summed E-state index contributed by atoms with van der Waals surface area (Å²) < 4.78 is 5.14. The fourth-order valence-corrected chi connectivity index (χ4v) is 3.40. The minimum Gasteiger partial charge on any atom is -0.495 e. The highest BCUT2D eigenvalue weighted by atomic mass is 35.5. The van der Waals surface area contributed by atoms with E-state index in [9.17, 15) is 9.59 Å². The van der Waals surface area contributed by atoms with E-state index in [2.05, 4.69) is 5.32 Å². The average Bonchev–Trinajstić information content (AvgIpc) is 2.99. The largest absolute Gasteiger partial charge is 0.495 e. The van der Waals surface area contributed by atoms with Crippen LogP contribution in [-0.2, 0) is 9.59 Å². The molecule has 2 amide bonds. The van der Waals surface area contributed by atoms with Crippen molar-refractivity contribution < 1.29 is 14.3 Å². The van der Waals surface area contributed by atoms with E-state index >= 15 is 0 Å². The van der Waals surface area contributed by atoms with E-state index in [4.69, 9.17) is 16.3 Å². The van der Waals surface area contributed by atoms with Gasteiger partial charge >= 0.3 is 0 Å². The molecule has 2 aromatic carbocycles. The van der Waals surface area contributed by atoms with Gasteiger partial charge in [-0.2, -0.15) is 0 Å². The van der Waals surface area contributed by atoms with Crippen molar-refractivity contribution in [3.05, 3.63) is 52.5 Å². The van der Waals surface area contributed by atoms with Crippen LogP contribution < -0.4 is 15.0 Å². The molecule has 1 aliphatic rings. The van der Waals surface area contributed by atoms with Crippen molar-refractivity contribution in [2.24, 2.45) is 5.92 Å². The number of amides is 2. The third-order valence-electron chi connectivity index (χ3n) is 4.58. The zero-order chi connectivity index (χ0) is 18.8. The molecular formula is C20H21ClN2O3. The van der Waals surface area contributed by atoms with Crippen LogP contribution in [0.25, 0.3) is 0 Å². The summed E-state index contributed by atoms with van der Waals surface area (Å²) in [6.07, 6.45) is 0.181. The van der Waals surface area contributed by atoms with Gasteiger partial charge in [0.25, 0.3) is 0 Å². The van der Waals surface area contributed by atoms with Crippen molar-refractivity contribution in [3.8, 4) is 5.75 Å². The first-order chi connectivity index (χ1) is 12.4. The van der Waals surface area contributed by atoms with Crippen molar-refractivity contribution in [1.29, 1.82) is 0 Å². The van der Waals surface area contributed by atoms with Crippen molar-refractivity contribution in [1.82, 2.24) is 0 Å². The SMILES string of the molecule is COc1ccc(N2CC(C(=O)Nc3ccc(C)cc3C)CC2=O)cc1Cl. The van der Waals surface area contributed by atoms with E-state index < -0.39 is 5.92 Å². The van der Waals surface area contributed by atoms with E-state index in [1.165, 1.54) is 7.11 Å². The number of nitrogens with one attached hydrogen (secondary N) is 1. The molecule has 1 N–H and O–H groups in total. The van der Waals surface area contributed by atoms with Crippen molar-refractivity contribution in [3.63, 3.8) is 0 Å². The summed E-state index contributed by atoms with van der Waals surface area (Å²) in [7, 11) is 1.54. The number of hydrogen-bond donors (Lipinski definition) is 1. The topological polar surface area (TPSA) is 58.6 Å². The van der Waals surface area contributed by atoms with Gasteiger partial charge in [-0.1, -0.05) is 29.3 Å². The van der Waals surface area contributed by atoms with Crippen LogP contribution >= 0.6 is 11.6 Å². The number of ether oxygens (including phenoxy) is 1. The fraction of sp³-hybridized carbons (Fsp3) is 0.300. The molecule has 6 heteroatoms. The Bertz CT molecular complexity index is 866. The number of carbonyl (C=O) groups excluding carboxylic acids is 2. The van der Waals surface area contributed by atoms with Gasteiger partial charge in [-0.05, 0) is 43.7 Å². The van der Waals surface area contributed by atoms with Crippen LogP contribution in [0, 0.1) is 19.8 Å². The molecule has 0 bridgehead atoms. The maximum Gasteiger partial charge on any atom is 0.229 e. The summed E-state index contributed by atoms with van der Waals surface area (Å²) in [4.78, 5) is 26.6. The third kappa shape index (κ3) is 3.68. The molecule has 0 aromatic heterocycles. The molecule has 1 aliphatic heterocycles. The Morgan fingerprint density at radius 2 is 2.00 bits per heavy atom. The first kappa shape index (κ1) is 18.3. The number of benzene rings is 2. The molecule has 2 aromatic rings. The number of halogens is 1. The molecule has 0 radical (unpaired) electrons. The Morgan fingerprint density at radius 1 is 1.23 bits per heavy atom. The molecular weight excluding hydrogens is 352 g/mol. The molecule has 1 atom stereocenters. The maximum absolute atomic E-state index is 12.6. The highest BCUT2D eigenvalue weighted by Crippen LogP contribution is 2.32. The van der Waals surface area contributed by atoms with Crippen LogP contribution in [0.5, 0.6) is 5.75 Å². The first-order valence-electron chi connectivity index (χ1n) is 8.41. The van der Waals surface area contributed by atoms with Gasteiger partial charge in [-0.25, -0.2) is 0 Å². The van der Waals surface area contributed by atoms with Crippen molar-refractivity contribution >= 4 is 34.8 Å². The summed E-state index contributed by atoms with van der Waals surface area (Å²) in [5.41, 5.74) is 3.59. The predicted molar refractivity (Wildman–Crippen MR) is 103 cm³/mol. The van der Waals surface area contributed by atoms with E-state index in [1.54, 1.807) is 23.1 Å². The van der Waals surface area contributed by atoms with Crippen molar-refractivity contribution in [2.45, 2.75) is 20.3 Å². The molecule has 26 heavy (non-hydrogen) atoms. The minimum atomic E-state index is -0.399. The first-order valence-corrected chi connectivity index (χ1v) is 8.79. The normalized spacial score (nSPS) is 16.7. The highest BCUT2D eigenvalue weighted by molar-refractivity contribution is 6.32. The van der Waals surface area contributed by atoms with Gasteiger partial charge in [0, 0.05) is 24.3 Å². The number of anilines is 2. The standard InChI is InChI=1S/C20H21ClN2O3/c1-12-4-6-17(13(2)8-12)22-20(25)14-9-19(24)23(11-14)15-5-7-18(26-3)16(21)10-15/h4-8,10,14H,9,11H2,1-3H3,(H,22,25). The number of carbonyl (C=O) groups is 2. The molecule has 1 unspecified atom stereocenters. The Hall–Kier alpha value is -2.53. The molecule has 0 spiro atoms. The summed E-state index contributed by atoms with van der Waals surface area (Å²) >= 11 is 6.15. The van der Waals surface area contributed by atoms with Gasteiger partial charge in [-0.15, -0.1) is 0 Å². The lowest BCUT2D eigenvalue weighted by atomic mass is 10.1. The fourth-order valence-electron chi connectivity index (χ4n) is 3.14. The van der Waals surface area contributed by atoms with Gasteiger partial charge in [0.2, 0.25) is 11.8 Å².